The summed E-state index contributed by atoms with van der Waals surface area (Å²) in [4.78, 5) is 19.1. The van der Waals surface area contributed by atoms with Gasteiger partial charge in [0, 0.05) is 36.7 Å². The first-order valence-corrected chi connectivity index (χ1v) is 8.48. The number of amides is 1. The average molecular weight is 328 g/mol. The van der Waals surface area contributed by atoms with Crippen LogP contribution in [-0.2, 0) is 0 Å². The first kappa shape index (κ1) is 16.6. The van der Waals surface area contributed by atoms with Crippen LogP contribution in [0, 0.1) is 6.92 Å². The fourth-order valence-corrected chi connectivity index (χ4v) is 3.05. The van der Waals surface area contributed by atoms with Crippen molar-refractivity contribution in [1.29, 1.82) is 0 Å². The Morgan fingerprint density at radius 2 is 2.08 bits per heavy atom. The Morgan fingerprint density at radius 3 is 2.71 bits per heavy atom. The van der Waals surface area contributed by atoms with Gasteiger partial charge in [-0.25, -0.2) is 0 Å². The van der Waals surface area contributed by atoms with Crippen molar-refractivity contribution < 1.29 is 9.32 Å². The first-order chi connectivity index (χ1) is 11.5. The number of likely N-dealkylation sites (tertiary alicyclic amines) is 1. The van der Waals surface area contributed by atoms with Gasteiger partial charge in [-0.1, -0.05) is 17.3 Å². The van der Waals surface area contributed by atoms with E-state index >= 15 is 0 Å². The highest BCUT2D eigenvalue weighted by molar-refractivity contribution is 5.94. The number of aromatic nitrogens is 2. The quantitative estimate of drug-likeness (QED) is 0.934. The van der Waals surface area contributed by atoms with Crippen molar-refractivity contribution >= 4 is 5.91 Å². The summed E-state index contributed by atoms with van der Waals surface area (Å²) in [6.45, 7) is 8.18. The number of hydrogen-bond acceptors (Lipinski definition) is 5. The number of benzene rings is 1. The summed E-state index contributed by atoms with van der Waals surface area (Å²) in [6.07, 6.45) is 2.16. The minimum Gasteiger partial charge on any atom is -0.348 e. The third-order valence-electron chi connectivity index (χ3n) is 4.45. The molecule has 1 amide bonds. The van der Waals surface area contributed by atoms with Gasteiger partial charge in [-0.3, -0.25) is 9.69 Å². The van der Waals surface area contributed by atoms with E-state index in [1.165, 1.54) is 0 Å². The van der Waals surface area contributed by atoms with Gasteiger partial charge in [0.15, 0.2) is 0 Å². The highest BCUT2D eigenvalue weighted by atomic mass is 16.5. The molecule has 1 N–H and O–H groups in total. The van der Waals surface area contributed by atoms with Crippen molar-refractivity contribution in [2.24, 2.45) is 0 Å². The molecule has 1 aromatic carbocycles. The zero-order chi connectivity index (χ0) is 17.1. The zero-order valence-corrected chi connectivity index (χ0v) is 14.5. The monoisotopic (exact) mass is 328 g/mol. The van der Waals surface area contributed by atoms with Gasteiger partial charge >= 0.3 is 0 Å². The molecule has 1 aromatic heterocycles. The third kappa shape index (κ3) is 3.82. The van der Waals surface area contributed by atoms with Crippen LogP contribution in [0.2, 0.25) is 0 Å². The molecule has 0 radical (unpaired) electrons. The van der Waals surface area contributed by atoms with Crippen LogP contribution in [0.25, 0.3) is 11.4 Å². The highest BCUT2D eigenvalue weighted by Crippen LogP contribution is 2.17. The molecule has 1 fully saturated rings. The second-order valence-electron chi connectivity index (χ2n) is 6.62. The maximum Gasteiger partial charge on any atom is 0.251 e. The van der Waals surface area contributed by atoms with Gasteiger partial charge in [-0.2, -0.15) is 4.98 Å². The summed E-state index contributed by atoms with van der Waals surface area (Å²) in [5.74, 6) is 1.04. The topological polar surface area (TPSA) is 71.3 Å². The van der Waals surface area contributed by atoms with E-state index in [2.05, 4.69) is 34.2 Å². The Labute approximate surface area is 142 Å². The molecule has 6 nitrogen and oxygen atoms in total. The van der Waals surface area contributed by atoms with Crippen LogP contribution < -0.4 is 5.32 Å². The standard InChI is InChI=1S/C18H24N4O2/c1-12(2)22-10-4-5-16(11-22)20-18(23)15-8-6-14(7-9-15)17-19-13(3)24-21-17/h6-9,12,16H,4-5,10-11H2,1-3H3,(H,20,23)/t16-/m1/s1. The number of carbonyl (C=O) groups excluding carboxylic acids is 1. The van der Waals surface area contributed by atoms with Gasteiger partial charge in [0.25, 0.3) is 5.91 Å². The van der Waals surface area contributed by atoms with Crippen LogP contribution in [0.3, 0.4) is 0 Å². The Hall–Kier alpha value is -2.21. The fourth-order valence-electron chi connectivity index (χ4n) is 3.05. The number of nitrogens with zero attached hydrogens (tertiary/aromatic N) is 3. The molecule has 1 aliphatic rings. The van der Waals surface area contributed by atoms with Gasteiger partial charge in [0.2, 0.25) is 11.7 Å². The molecule has 0 unspecified atom stereocenters. The molecule has 2 heterocycles. The molecule has 0 spiro atoms. The van der Waals surface area contributed by atoms with Crippen LogP contribution in [0.4, 0.5) is 0 Å². The van der Waals surface area contributed by atoms with Crippen molar-refractivity contribution in [3.63, 3.8) is 0 Å². The largest absolute Gasteiger partial charge is 0.348 e. The average Bonchev–Trinajstić information content (AvgIpc) is 3.01. The molecule has 0 bridgehead atoms. The van der Waals surface area contributed by atoms with Crippen LogP contribution in [0.1, 0.15) is 42.9 Å². The highest BCUT2D eigenvalue weighted by Gasteiger charge is 2.23. The molecule has 1 atom stereocenters. The third-order valence-corrected chi connectivity index (χ3v) is 4.45. The van der Waals surface area contributed by atoms with Crippen LogP contribution in [0.5, 0.6) is 0 Å². The summed E-state index contributed by atoms with van der Waals surface area (Å²) in [7, 11) is 0. The minimum absolute atomic E-state index is 0.0264. The summed E-state index contributed by atoms with van der Waals surface area (Å²) in [6, 6.07) is 8.04. The maximum absolute atomic E-state index is 12.5. The van der Waals surface area contributed by atoms with E-state index in [0.717, 1.165) is 31.5 Å². The molecule has 2 aromatic rings. The lowest BCUT2D eigenvalue weighted by molar-refractivity contribution is 0.0886. The van der Waals surface area contributed by atoms with Crippen molar-refractivity contribution in [3.8, 4) is 11.4 Å². The molecule has 0 saturated carbocycles. The lowest BCUT2D eigenvalue weighted by atomic mass is 10.0. The normalized spacial score (nSPS) is 18.8. The number of carbonyl (C=O) groups is 1. The Kier molecular flexibility index (Phi) is 4.94. The Morgan fingerprint density at radius 1 is 1.33 bits per heavy atom. The van der Waals surface area contributed by atoms with Crippen LogP contribution in [-0.4, -0.2) is 46.1 Å². The van der Waals surface area contributed by atoms with Crippen molar-refractivity contribution in [1.82, 2.24) is 20.4 Å². The Bertz CT molecular complexity index is 693. The van der Waals surface area contributed by atoms with E-state index in [1.807, 2.05) is 12.1 Å². The second-order valence-corrected chi connectivity index (χ2v) is 6.62. The van der Waals surface area contributed by atoms with E-state index in [-0.39, 0.29) is 11.9 Å². The first-order valence-electron chi connectivity index (χ1n) is 8.48. The van der Waals surface area contributed by atoms with Crippen molar-refractivity contribution in [3.05, 3.63) is 35.7 Å². The van der Waals surface area contributed by atoms with Gasteiger partial charge in [0.05, 0.1) is 0 Å². The summed E-state index contributed by atoms with van der Waals surface area (Å²) in [5.41, 5.74) is 1.49. The molecule has 3 rings (SSSR count). The zero-order valence-electron chi connectivity index (χ0n) is 14.5. The smallest absolute Gasteiger partial charge is 0.251 e. The van der Waals surface area contributed by atoms with E-state index < -0.39 is 0 Å². The van der Waals surface area contributed by atoms with Gasteiger partial charge < -0.3 is 9.84 Å². The summed E-state index contributed by atoms with van der Waals surface area (Å²) >= 11 is 0. The van der Waals surface area contributed by atoms with Crippen molar-refractivity contribution in [2.45, 2.75) is 45.7 Å². The van der Waals surface area contributed by atoms with Crippen LogP contribution >= 0.6 is 0 Å². The lowest BCUT2D eigenvalue weighted by Gasteiger charge is -2.35. The summed E-state index contributed by atoms with van der Waals surface area (Å²) in [5, 5.41) is 7.04. The molecule has 128 valence electrons. The molecule has 6 heteroatoms. The molecule has 1 aliphatic heterocycles. The van der Waals surface area contributed by atoms with Gasteiger partial charge in [0.1, 0.15) is 0 Å². The van der Waals surface area contributed by atoms with Gasteiger partial charge in [-0.15, -0.1) is 0 Å². The predicted molar refractivity (Wildman–Crippen MR) is 91.7 cm³/mol. The number of nitrogens with one attached hydrogen (secondary N) is 1. The molecule has 1 saturated heterocycles. The lowest BCUT2D eigenvalue weighted by Crippen LogP contribution is -2.49. The van der Waals surface area contributed by atoms with Crippen molar-refractivity contribution in [2.75, 3.05) is 13.1 Å². The molecular formula is C18H24N4O2. The number of piperidine rings is 1. The number of aryl methyl sites for hydroxylation is 1. The number of rotatable bonds is 4. The summed E-state index contributed by atoms with van der Waals surface area (Å²) < 4.78 is 4.98. The Balaban J connectivity index is 1.63. The van der Waals surface area contributed by atoms with Crippen LogP contribution in [0.15, 0.2) is 28.8 Å². The molecule has 0 aliphatic carbocycles. The maximum atomic E-state index is 12.5. The fraction of sp³-hybridized carbons (Fsp3) is 0.500. The minimum atomic E-state index is -0.0264. The van der Waals surface area contributed by atoms with Gasteiger partial charge in [-0.05, 0) is 45.4 Å². The number of hydrogen-bond donors (Lipinski definition) is 1. The SMILES string of the molecule is Cc1nc(-c2ccc(C(=O)N[C@@H]3CCCN(C(C)C)C3)cc2)no1. The molecule has 24 heavy (non-hydrogen) atoms. The predicted octanol–water partition coefficient (Wildman–Crippen LogP) is 2.65. The van der Waals surface area contributed by atoms with E-state index in [9.17, 15) is 4.79 Å². The molecular weight excluding hydrogens is 304 g/mol. The van der Waals surface area contributed by atoms with E-state index in [0.29, 0.717) is 23.3 Å². The van der Waals surface area contributed by atoms with E-state index in [1.54, 1.807) is 19.1 Å². The van der Waals surface area contributed by atoms with E-state index in [4.69, 9.17) is 4.52 Å². The second kappa shape index (κ2) is 7.13.